The molecule has 0 radical (unpaired) electrons. The summed E-state index contributed by atoms with van der Waals surface area (Å²) in [4.78, 5) is 58.5. The normalized spacial score (nSPS) is 14.8. The highest BCUT2D eigenvalue weighted by Crippen LogP contribution is 2.45. The van der Waals surface area contributed by atoms with Crippen LogP contribution >= 0.6 is 15.6 Å². The highest BCUT2D eigenvalue weighted by atomic mass is 31.2. The standard InChI is InChI=1S/C81H138O16P2/c1-4-7-10-13-16-19-22-24-26-28-30-32-34-35-36-37-38-39-41-43-44-46-48-50-53-55-58-61-64-67-79(84)91-70-76(82)71-93-98(87,88)94-72-77(83)73-95-99(89,90)96-75-78(97-81(86)69-66-63-60-57-52-21-18-15-12-9-6-3)74-92-80(85)68-65-62-59-56-54-51-49-47-45-42-40-33-31-29-27-25-23-20-17-14-11-8-5-2/h7-8,10-11,16-17,19-20,24-27,30-33,35-36,42,45,49,51,76-78,82-83H,4-6,9,12-15,18,21-23,28-29,34,37-41,43-44,46-48,50,52-75H2,1-3H3,(H,87,88)(H,89,90)/b10-7-,11-8-,19-16-,20-17-,26-24-,27-25-,32-30-,33-31-,36-35-,45-42-,51-49-. The third-order valence-electron chi connectivity index (χ3n) is 15.9. The minimum atomic E-state index is -4.93. The first kappa shape index (κ1) is 94.7. The number of phosphoric acid groups is 2. The van der Waals surface area contributed by atoms with E-state index < -0.39 is 91.5 Å². The molecule has 5 unspecified atom stereocenters. The van der Waals surface area contributed by atoms with E-state index in [1.807, 2.05) is 0 Å². The maximum atomic E-state index is 12.9. The Morgan fingerprint density at radius 3 is 0.848 bits per heavy atom. The number of phosphoric ester groups is 2. The lowest BCUT2D eigenvalue weighted by Gasteiger charge is -2.21. The van der Waals surface area contributed by atoms with Gasteiger partial charge in [0.1, 0.15) is 25.4 Å². The van der Waals surface area contributed by atoms with Crippen LogP contribution in [0.5, 0.6) is 0 Å². The van der Waals surface area contributed by atoms with E-state index in [0.717, 1.165) is 148 Å². The van der Waals surface area contributed by atoms with Crippen LogP contribution in [0, 0.1) is 0 Å². The number of hydrogen-bond acceptors (Lipinski definition) is 14. The van der Waals surface area contributed by atoms with Gasteiger partial charge in [0.25, 0.3) is 0 Å². The summed E-state index contributed by atoms with van der Waals surface area (Å²) in [7, 11) is -9.79. The number of esters is 3. The largest absolute Gasteiger partial charge is 0.472 e. The molecule has 0 aromatic carbocycles. The number of unbranched alkanes of at least 4 members (excludes halogenated alkanes) is 27. The van der Waals surface area contributed by atoms with Crippen molar-refractivity contribution in [2.24, 2.45) is 0 Å². The molecule has 0 bridgehead atoms. The summed E-state index contributed by atoms with van der Waals surface area (Å²) in [6.07, 6.45) is 88.0. The average molecular weight is 1430 g/mol. The zero-order valence-corrected chi connectivity index (χ0v) is 63.7. The van der Waals surface area contributed by atoms with Gasteiger partial charge in [-0.15, -0.1) is 0 Å². The van der Waals surface area contributed by atoms with Crippen molar-refractivity contribution in [3.8, 4) is 0 Å². The lowest BCUT2D eigenvalue weighted by molar-refractivity contribution is -0.161. The number of hydrogen-bond donors (Lipinski definition) is 4. The maximum Gasteiger partial charge on any atom is 0.472 e. The molecule has 16 nitrogen and oxygen atoms in total. The second kappa shape index (κ2) is 73.4. The average Bonchev–Trinajstić information content (AvgIpc) is 1.94. The topological polar surface area (TPSA) is 231 Å². The Labute approximate surface area is 601 Å². The summed E-state index contributed by atoms with van der Waals surface area (Å²) in [6.45, 7) is 2.42. The molecule has 4 N–H and O–H groups in total. The highest BCUT2D eigenvalue weighted by Gasteiger charge is 2.29. The first-order chi connectivity index (χ1) is 48.2. The van der Waals surface area contributed by atoms with Gasteiger partial charge in [0.15, 0.2) is 6.10 Å². The van der Waals surface area contributed by atoms with Gasteiger partial charge >= 0.3 is 33.6 Å². The molecule has 0 aromatic heterocycles. The lowest BCUT2D eigenvalue weighted by Crippen LogP contribution is -2.30. The van der Waals surface area contributed by atoms with Gasteiger partial charge < -0.3 is 34.2 Å². The van der Waals surface area contributed by atoms with Crippen molar-refractivity contribution >= 4 is 33.6 Å². The van der Waals surface area contributed by atoms with Crippen LogP contribution in [0.15, 0.2) is 134 Å². The van der Waals surface area contributed by atoms with Crippen molar-refractivity contribution in [2.75, 3.05) is 39.6 Å². The molecule has 568 valence electrons. The Morgan fingerprint density at radius 2 is 0.535 bits per heavy atom. The Morgan fingerprint density at radius 1 is 0.293 bits per heavy atom. The van der Waals surface area contributed by atoms with Gasteiger partial charge in [0, 0.05) is 19.3 Å². The molecule has 0 fully saturated rings. The van der Waals surface area contributed by atoms with Crippen molar-refractivity contribution in [1.29, 1.82) is 0 Å². The molecule has 0 amide bonds. The van der Waals surface area contributed by atoms with Gasteiger partial charge in [0.2, 0.25) is 0 Å². The van der Waals surface area contributed by atoms with E-state index in [-0.39, 0.29) is 19.3 Å². The van der Waals surface area contributed by atoms with Crippen molar-refractivity contribution in [2.45, 2.75) is 322 Å². The monoisotopic (exact) mass is 1430 g/mol. The Kier molecular flexibility index (Phi) is 70.2. The van der Waals surface area contributed by atoms with Crippen LogP contribution in [-0.2, 0) is 55.8 Å². The van der Waals surface area contributed by atoms with E-state index >= 15 is 0 Å². The Hall–Kier alpha value is -4.31. The van der Waals surface area contributed by atoms with Crippen molar-refractivity contribution < 1.29 is 75.8 Å². The minimum absolute atomic E-state index is 0.0983. The number of carbonyl (C=O) groups excluding carboxylic acids is 3. The quantitative estimate of drug-likeness (QED) is 0.0146. The molecule has 0 aliphatic carbocycles. The SMILES string of the molecule is CC/C=C\C/C=C\C/C=C\C/C=C\C/C=C\C/C=C\CCCCCCC(=O)OCC(COP(=O)(O)OCC(O)COP(=O)(O)OCC(O)COC(=O)CCCCCCCCCCCCCCC/C=C\C/C=C\C/C=C\C/C=C\C/C=C\CC)OC(=O)CCCCCCCCCCCCC. The molecule has 0 aliphatic heterocycles. The highest BCUT2D eigenvalue weighted by molar-refractivity contribution is 7.47. The van der Waals surface area contributed by atoms with E-state index in [0.29, 0.717) is 19.3 Å². The predicted octanol–water partition coefficient (Wildman–Crippen LogP) is 22.3. The van der Waals surface area contributed by atoms with Crippen molar-refractivity contribution in [3.05, 3.63) is 134 Å². The fourth-order valence-corrected chi connectivity index (χ4v) is 11.7. The number of allylic oxidation sites excluding steroid dienone is 22. The summed E-state index contributed by atoms with van der Waals surface area (Å²) in [5.41, 5.74) is 0. The zero-order valence-electron chi connectivity index (χ0n) is 61.9. The molecule has 0 heterocycles. The number of rotatable bonds is 72. The Balaban J connectivity index is 4.48. The van der Waals surface area contributed by atoms with Crippen LogP contribution in [0.3, 0.4) is 0 Å². The first-order valence-corrected chi connectivity index (χ1v) is 41.5. The molecule has 99 heavy (non-hydrogen) atoms. The first-order valence-electron chi connectivity index (χ1n) is 38.5. The molecule has 0 saturated carbocycles. The van der Waals surface area contributed by atoms with Gasteiger partial charge in [-0.2, -0.15) is 0 Å². The number of carbonyl (C=O) groups is 3. The van der Waals surface area contributed by atoms with Crippen molar-refractivity contribution in [1.82, 2.24) is 0 Å². The smallest absolute Gasteiger partial charge is 0.463 e. The predicted molar refractivity (Wildman–Crippen MR) is 408 cm³/mol. The molecule has 0 aromatic rings. The molecular formula is C81H138O16P2. The van der Waals surface area contributed by atoms with Gasteiger partial charge in [-0.3, -0.25) is 32.5 Å². The molecule has 0 spiro atoms. The molecule has 0 saturated heterocycles. The molecule has 0 rings (SSSR count). The van der Waals surface area contributed by atoms with Crippen LogP contribution in [0.2, 0.25) is 0 Å². The third kappa shape index (κ3) is 74.7. The summed E-state index contributed by atoms with van der Waals surface area (Å²) >= 11 is 0. The van der Waals surface area contributed by atoms with Crippen LogP contribution in [-0.4, -0.2) is 95.9 Å². The van der Waals surface area contributed by atoms with Crippen LogP contribution < -0.4 is 0 Å². The molecule has 18 heteroatoms. The Bertz CT molecular complexity index is 2330. The number of aliphatic hydroxyl groups is 2. The number of aliphatic hydroxyl groups excluding tert-OH is 2. The van der Waals surface area contributed by atoms with E-state index in [9.17, 15) is 43.5 Å². The lowest BCUT2D eigenvalue weighted by atomic mass is 10.0. The summed E-state index contributed by atoms with van der Waals surface area (Å²) in [5, 5.41) is 20.6. The van der Waals surface area contributed by atoms with E-state index in [2.05, 4.69) is 154 Å². The molecular weight excluding hydrogens is 1290 g/mol. The molecule has 0 aliphatic rings. The van der Waals surface area contributed by atoms with Gasteiger partial charge in [-0.05, 0) is 116 Å². The van der Waals surface area contributed by atoms with E-state index in [1.54, 1.807) is 0 Å². The third-order valence-corrected chi connectivity index (χ3v) is 17.8. The van der Waals surface area contributed by atoms with Crippen LogP contribution in [0.25, 0.3) is 0 Å². The van der Waals surface area contributed by atoms with Crippen LogP contribution in [0.1, 0.15) is 303 Å². The maximum absolute atomic E-state index is 12.9. The van der Waals surface area contributed by atoms with Gasteiger partial charge in [0.05, 0.1) is 26.4 Å². The summed E-state index contributed by atoms with van der Waals surface area (Å²) in [5.74, 6) is -1.60. The van der Waals surface area contributed by atoms with Crippen molar-refractivity contribution in [3.63, 3.8) is 0 Å². The fraction of sp³-hybridized carbons (Fsp3) is 0.691. The zero-order chi connectivity index (χ0) is 72.3. The summed E-state index contributed by atoms with van der Waals surface area (Å²) < 4.78 is 61.0. The second-order valence-electron chi connectivity index (χ2n) is 25.4. The van der Waals surface area contributed by atoms with E-state index in [1.165, 1.54) is 96.3 Å². The number of ether oxygens (including phenoxy) is 3. The second-order valence-corrected chi connectivity index (χ2v) is 28.3. The van der Waals surface area contributed by atoms with Crippen LogP contribution in [0.4, 0.5) is 0 Å². The summed E-state index contributed by atoms with van der Waals surface area (Å²) in [6, 6.07) is 0. The molecule has 5 atom stereocenters. The van der Waals surface area contributed by atoms with Gasteiger partial charge in [-0.25, -0.2) is 9.13 Å². The fourth-order valence-electron chi connectivity index (χ4n) is 10.1. The van der Waals surface area contributed by atoms with E-state index in [4.69, 9.17) is 32.3 Å². The minimum Gasteiger partial charge on any atom is -0.463 e. The van der Waals surface area contributed by atoms with Gasteiger partial charge in [-0.1, -0.05) is 302 Å².